The maximum Gasteiger partial charge on any atom is 0.335 e. The van der Waals surface area contributed by atoms with Gasteiger partial charge in [-0.1, -0.05) is 51.2 Å². The molecule has 1 saturated carbocycles. The zero-order chi connectivity index (χ0) is 32.0. The van der Waals surface area contributed by atoms with Crippen LogP contribution in [0.5, 0.6) is 17.2 Å². The van der Waals surface area contributed by atoms with Crippen LogP contribution in [0, 0.1) is 0 Å². The van der Waals surface area contributed by atoms with Gasteiger partial charge >= 0.3 is 5.97 Å². The Kier molecular flexibility index (Phi) is 12.0. The van der Waals surface area contributed by atoms with Gasteiger partial charge < -0.3 is 29.9 Å². The molecule has 2 saturated heterocycles. The molecule has 0 bridgehead atoms. The quantitative estimate of drug-likeness (QED) is 0.254. The van der Waals surface area contributed by atoms with E-state index in [4.69, 9.17) is 9.47 Å². The van der Waals surface area contributed by atoms with Crippen molar-refractivity contribution in [3.63, 3.8) is 0 Å². The number of nitrogens with zero attached hydrogens (tertiary/aromatic N) is 2. The van der Waals surface area contributed by atoms with E-state index >= 15 is 0 Å². The average molecular weight is 658 g/mol. The summed E-state index contributed by atoms with van der Waals surface area (Å²) in [5.41, 5.74) is -0.516. The molecule has 10 nitrogen and oxygen atoms in total. The van der Waals surface area contributed by atoms with Crippen LogP contribution in [0.4, 0.5) is 0 Å². The molecule has 2 aromatic carbocycles. The number of ether oxygens (including phenoxy) is 2. The third-order valence-corrected chi connectivity index (χ3v) is 9.81. The van der Waals surface area contributed by atoms with Crippen molar-refractivity contribution < 1.29 is 34.1 Å². The number of likely N-dealkylation sites (tertiary alicyclic amines) is 1. The van der Waals surface area contributed by atoms with Gasteiger partial charge in [-0.15, -0.1) is 12.4 Å². The van der Waals surface area contributed by atoms with Gasteiger partial charge in [0.1, 0.15) is 17.3 Å². The third kappa shape index (κ3) is 7.96. The fourth-order valence-electron chi connectivity index (χ4n) is 7.16. The van der Waals surface area contributed by atoms with E-state index in [0.29, 0.717) is 75.5 Å². The highest BCUT2D eigenvalue weighted by molar-refractivity contribution is 6.00. The fourth-order valence-corrected chi connectivity index (χ4v) is 7.16. The van der Waals surface area contributed by atoms with Crippen LogP contribution >= 0.6 is 12.4 Å². The first-order chi connectivity index (χ1) is 21.7. The van der Waals surface area contributed by atoms with Crippen LogP contribution in [-0.4, -0.2) is 81.7 Å². The topological polar surface area (TPSA) is 129 Å². The second-order valence-electron chi connectivity index (χ2n) is 12.9. The Morgan fingerprint density at radius 1 is 0.978 bits per heavy atom. The van der Waals surface area contributed by atoms with E-state index in [0.717, 1.165) is 44.1 Å². The van der Waals surface area contributed by atoms with Crippen molar-refractivity contribution >= 4 is 30.2 Å². The highest BCUT2D eigenvalue weighted by atomic mass is 35.5. The number of unbranched alkanes of at least 4 members (excludes halogenated alkanes) is 2. The average Bonchev–Trinajstić information content (AvgIpc) is 3.03. The number of benzene rings is 2. The van der Waals surface area contributed by atoms with Crippen LogP contribution in [0.2, 0.25) is 0 Å². The maximum atomic E-state index is 13.9. The summed E-state index contributed by atoms with van der Waals surface area (Å²) in [7, 11) is 1.47. The molecule has 0 radical (unpaired) electrons. The number of halogens is 1. The number of nitrogens with one attached hydrogen (secondary N) is 1. The summed E-state index contributed by atoms with van der Waals surface area (Å²) in [6.45, 7) is 4.78. The standard InChI is InChI=1S/C35H47N3O7.ClH/c1-3-4-8-19-38-31(39)28(23-34(43)15-6-5-7-16-34)36-33(42)35(38)17-20-37(21-18-35)24-25-9-12-27(13-10-25)45-29-14-11-26(32(40)41)22-30(29)44-2;/h9-14,22,28,43H,3-8,15-21,23-24H2,1-2H3,(H,36,42)(H,40,41);1H/t28-;/m1./s1. The summed E-state index contributed by atoms with van der Waals surface area (Å²) in [5.74, 6) is 0.220. The Labute approximate surface area is 277 Å². The molecule has 2 aromatic rings. The van der Waals surface area contributed by atoms with Crippen molar-refractivity contribution in [2.24, 2.45) is 0 Å². The maximum absolute atomic E-state index is 13.9. The molecule has 1 atom stereocenters. The molecule has 5 rings (SSSR count). The lowest BCUT2D eigenvalue weighted by Crippen LogP contribution is -2.73. The number of amides is 2. The number of hydrogen-bond acceptors (Lipinski definition) is 7. The Morgan fingerprint density at radius 2 is 1.67 bits per heavy atom. The van der Waals surface area contributed by atoms with Gasteiger partial charge in [-0.05, 0) is 68.0 Å². The second-order valence-corrected chi connectivity index (χ2v) is 12.9. The van der Waals surface area contributed by atoms with Crippen LogP contribution in [0.1, 0.15) is 93.5 Å². The van der Waals surface area contributed by atoms with Crippen molar-refractivity contribution in [1.29, 1.82) is 0 Å². The van der Waals surface area contributed by atoms with Crippen molar-refractivity contribution in [3.05, 3.63) is 53.6 Å². The third-order valence-electron chi connectivity index (χ3n) is 9.81. The number of piperazine rings is 1. The first-order valence-corrected chi connectivity index (χ1v) is 16.4. The van der Waals surface area contributed by atoms with Gasteiger partial charge in [-0.25, -0.2) is 4.79 Å². The van der Waals surface area contributed by atoms with E-state index in [-0.39, 0.29) is 29.8 Å². The van der Waals surface area contributed by atoms with Crippen LogP contribution in [0.15, 0.2) is 42.5 Å². The molecule has 2 aliphatic heterocycles. The van der Waals surface area contributed by atoms with E-state index < -0.39 is 23.2 Å². The minimum atomic E-state index is -1.04. The summed E-state index contributed by atoms with van der Waals surface area (Å²) in [6.07, 6.45) is 8.72. The molecule has 252 valence electrons. The smallest absolute Gasteiger partial charge is 0.335 e. The summed E-state index contributed by atoms with van der Waals surface area (Å²) in [5, 5.41) is 23.5. The van der Waals surface area contributed by atoms with Gasteiger partial charge in [0.25, 0.3) is 0 Å². The monoisotopic (exact) mass is 657 g/mol. The lowest BCUT2D eigenvalue weighted by Gasteiger charge is -2.52. The molecule has 2 amide bonds. The van der Waals surface area contributed by atoms with Gasteiger partial charge in [-0.2, -0.15) is 0 Å². The molecule has 0 aromatic heterocycles. The molecular weight excluding hydrogens is 610 g/mol. The zero-order valence-corrected chi connectivity index (χ0v) is 27.8. The van der Waals surface area contributed by atoms with Crippen molar-refractivity contribution in [1.82, 2.24) is 15.1 Å². The summed E-state index contributed by atoms with van der Waals surface area (Å²) in [6, 6.07) is 11.5. The number of aliphatic hydroxyl groups is 1. The van der Waals surface area contributed by atoms with E-state index in [9.17, 15) is 24.6 Å². The van der Waals surface area contributed by atoms with E-state index in [1.54, 1.807) is 6.07 Å². The number of carbonyl (C=O) groups excluding carboxylic acids is 2. The number of rotatable bonds is 12. The Balaban J connectivity index is 0.00000480. The minimum absolute atomic E-state index is 0. The molecule has 1 spiro atoms. The largest absolute Gasteiger partial charge is 0.493 e. The van der Waals surface area contributed by atoms with E-state index in [1.165, 1.54) is 19.2 Å². The van der Waals surface area contributed by atoms with Gasteiger partial charge in [0.05, 0.1) is 18.3 Å². The van der Waals surface area contributed by atoms with Crippen LogP contribution < -0.4 is 14.8 Å². The normalized spacial score (nSPS) is 20.9. The lowest BCUT2D eigenvalue weighted by atomic mass is 9.77. The van der Waals surface area contributed by atoms with Gasteiger partial charge in [-0.3, -0.25) is 14.5 Å². The number of carbonyl (C=O) groups is 3. The predicted octanol–water partition coefficient (Wildman–Crippen LogP) is 5.54. The Bertz CT molecular complexity index is 1350. The number of piperidine rings is 1. The molecule has 0 unspecified atom stereocenters. The van der Waals surface area contributed by atoms with Crippen LogP contribution in [-0.2, 0) is 16.1 Å². The first kappa shape index (κ1) is 35.5. The molecule has 46 heavy (non-hydrogen) atoms. The highest BCUT2D eigenvalue weighted by Gasteiger charge is 2.54. The summed E-state index contributed by atoms with van der Waals surface area (Å²) < 4.78 is 11.3. The van der Waals surface area contributed by atoms with Crippen molar-refractivity contribution in [3.8, 4) is 17.2 Å². The summed E-state index contributed by atoms with van der Waals surface area (Å²) >= 11 is 0. The van der Waals surface area contributed by atoms with Crippen LogP contribution in [0.3, 0.4) is 0 Å². The number of carboxylic acids is 1. The molecule has 3 fully saturated rings. The van der Waals surface area contributed by atoms with Crippen molar-refractivity contribution in [2.45, 2.75) is 101 Å². The van der Waals surface area contributed by atoms with Crippen LogP contribution in [0.25, 0.3) is 0 Å². The number of aromatic carboxylic acids is 1. The van der Waals surface area contributed by atoms with E-state index in [2.05, 4.69) is 17.1 Å². The second kappa shape index (κ2) is 15.5. The SMILES string of the molecule is CCCCCN1C(=O)[C@@H](CC2(O)CCCCC2)NC(=O)C12CCN(Cc1ccc(Oc3ccc(C(=O)O)cc3OC)cc1)CC2.Cl. The molecular formula is C35H48ClN3O7. The Hall–Kier alpha value is -3.34. The number of carboxylic acid groups (broad SMARTS) is 1. The predicted molar refractivity (Wildman–Crippen MR) is 177 cm³/mol. The molecule has 3 aliphatic rings. The zero-order valence-electron chi connectivity index (χ0n) is 27.0. The first-order valence-electron chi connectivity index (χ1n) is 16.4. The van der Waals surface area contributed by atoms with Gasteiger partial charge in [0.2, 0.25) is 11.8 Å². The molecule has 1 aliphatic carbocycles. The minimum Gasteiger partial charge on any atom is -0.493 e. The fraction of sp³-hybridized carbons (Fsp3) is 0.571. The summed E-state index contributed by atoms with van der Waals surface area (Å²) in [4.78, 5) is 43.2. The highest BCUT2D eigenvalue weighted by Crippen LogP contribution is 2.38. The number of hydrogen-bond donors (Lipinski definition) is 3. The Morgan fingerprint density at radius 3 is 2.30 bits per heavy atom. The van der Waals surface area contributed by atoms with Gasteiger partial charge in [0, 0.05) is 32.6 Å². The van der Waals surface area contributed by atoms with Gasteiger partial charge in [0.15, 0.2) is 11.5 Å². The number of methoxy groups -OCH3 is 1. The lowest BCUT2D eigenvalue weighted by molar-refractivity contribution is -0.163. The molecule has 2 heterocycles. The molecule has 11 heteroatoms. The van der Waals surface area contributed by atoms with E-state index in [1.807, 2.05) is 29.2 Å². The molecule has 3 N–H and O–H groups in total. The van der Waals surface area contributed by atoms with Crippen molar-refractivity contribution in [2.75, 3.05) is 26.7 Å².